The predicted octanol–water partition coefficient (Wildman–Crippen LogP) is 1.24. The van der Waals surface area contributed by atoms with Crippen LogP contribution in [0.2, 0.25) is 0 Å². The number of primary sulfonamides is 1. The lowest BCUT2D eigenvalue weighted by molar-refractivity contribution is 0.0753. The zero-order valence-electron chi connectivity index (χ0n) is 13.4. The number of nitrogens with one attached hydrogen (secondary N) is 1. The first-order valence-corrected chi connectivity index (χ1v) is 8.90. The number of oxime groups is 1. The van der Waals surface area contributed by atoms with Gasteiger partial charge >= 0.3 is 0 Å². The van der Waals surface area contributed by atoms with Crippen LogP contribution in [0.5, 0.6) is 0 Å². The highest BCUT2D eigenvalue weighted by Crippen LogP contribution is 2.20. The van der Waals surface area contributed by atoms with Crippen LogP contribution < -0.4 is 10.5 Å². The van der Waals surface area contributed by atoms with Gasteiger partial charge in [-0.3, -0.25) is 4.79 Å². The summed E-state index contributed by atoms with van der Waals surface area (Å²) >= 11 is 0. The van der Waals surface area contributed by atoms with Gasteiger partial charge in [-0.2, -0.15) is 0 Å². The molecular formula is C15H21N3O4S. The third-order valence-corrected chi connectivity index (χ3v) is 4.92. The molecule has 0 fully saturated rings. The lowest BCUT2D eigenvalue weighted by atomic mass is 10.1. The lowest BCUT2D eigenvalue weighted by Crippen LogP contribution is -2.32. The van der Waals surface area contributed by atoms with Gasteiger partial charge in [0.1, 0.15) is 6.10 Å². The van der Waals surface area contributed by atoms with Gasteiger partial charge in [0, 0.05) is 12.0 Å². The molecule has 2 rings (SSSR count). The Balaban J connectivity index is 2.10. The number of benzene rings is 1. The molecule has 23 heavy (non-hydrogen) atoms. The van der Waals surface area contributed by atoms with Crippen molar-refractivity contribution in [2.24, 2.45) is 10.3 Å². The second-order valence-electron chi connectivity index (χ2n) is 5.61. The molecule has 126 valence electrons. The number of nitrogens with two attached hydrogens (primary N) is 1. The number of sulfonamides is 1. The first-order chi connectivity index (χ1) is 10.7. The molecule has 1 aromatic rings. The summed E-state index contributed by atoms with van der Waals surface area (Å²) in [7, 11) is -3.88. The quantitative estimate of drug-likeness (QED) is 0.840. The monoisotopic (exact) mass is 339 g/mol. The summed E-state index contributed by atoms with van der Waals surface area (Å²) in [5.41, 5.74) is 2.46. The molecule has 3 N–H and O–H groups in total. The van der Waals surface area contributed by atoms with E-state index in [1.165, 1.54) is 6.07 Å². The molecule has 0 bridgehead atoms. The number of carbonyl (C=O) groups is 1. The molecule has 0 aliphatic carbocycles. The van der Waals surface area contributed by atoms with Crippen LogP contribution in [0.15, 0.2) is 22.2 Å². The van der Waals surface area contributed by atoms with Crippen LogP contribution in [0.25, 0.3) is 0 Å². The SMILES string of the molecule is CCC1=NO[C@H](CNC(=O)c2cc(C)c(C)c(S(N)(=O)=O)c2)C1. The number of nitrogens with zero attached hydrogens (tertiary/aromatic N) is 1. The number of rotatable bonds is 5. The van der Waals surface area contributed by atoms with E-state index in [2.05, 4.69) is 10.5 Å². The van der Waals surface area contributed by atoms with Crippen LogP contribution in [-0.2, 0) is 14.9 Å². The van der Waals surface area contributed by atoms with E-state index in [4.69, 9.17) is 9.98 Å². The van der Waals surface area contributed by atoms with Crippen molar-refractivity contribution in [3.05, 3.63) is 28.8 Å². The van der Waals surface area contributed by atoms with E-state index in [9.17, 15) is 13.2 Å². The number of carbonyl (C=O) groups excluding carboxylic acids is 1. The molecule has 1 aliphatic rings. The van der Waals surface area contributed by atoms with Crippen molar-refractivity contribution >= 4 is 21.6 Å². The minimum absolute atomic E-state index is 0.0311. The average Bonchev–Trinajstić information content (AvgIpc) is 2.94. The molecule has 0 saturated carbocycles. The summed E-state index contributed by atoms with van der Waals surface area (Å²) in [6.45, 7) is 5.70. The van der Waals surface area contributed by atoms with E-state index in [1.807, 2.05) is 6.92 Å². The highest BCUT2D eigenvalue weighted by atomic mass is 32.2. The standard InChI is InChI=1S/C15H21N3O4S/c1-4-12-7-13(22-18-12)8-17-15(19)11-5-9(2)10(3)14(6-11)23(16,20)21/h5-6,13H,4,7-8H2,1-3H3,(H,17,19)(H2,16,20,21)/t13-/m0/s1. The van der Waals surface area contributed by atoms with E-state index in [0.29, 0.717) is 24.1 Å². The van der Waals surface area contributed by atoms with Crippen LogP contribution in [0.3, 0.4) is 0 Å². The van der Waals surface area contributed by atoms with Gasteiger partial charge in [-0.25, -0.2) is 13.6 Å². The molecular weight excluding hydrogens is 318 g/mol. The maximum Gasteiger partial charge on any atom is 0.251 e. The van der Waals surface area contributed by atoms with Gasteiger partial charge in [-0.1, -0.05) is 12.1 Å². The Bertz CT molecular complexity index is 756. The minimum Gasteiger partial charge on any atom is -0.390 e. The fourth-order valence-electron chi connectivity index (χ4n) is 2.37. The Labute approximate surface area is 135 Å². The Hall–Kier alpha value is -1.93. The molecule has 0 radical (unpaired) electrons. The zero-order chi connectivity index (χ0) is 17.2. The van der Waals surface area contributed by atoms with Gasteiger partial charge in [0.2, 0.25) is 10.0 Å². The van der Waals surface area contributed by atoms with E-state index < -0.39 is 10.0 Å². The number of hydrogen-bond acceptors (Lipinski definition) is 5. The normalized spacial score (nSPS) is 17.6. The van der Waals surface area contributed by atoms with Crippen LogP contribution in [0.1, 0.15) is 41.3 Å². The van der Waals surface area contributed by atoms with Gasteiger partial charge in [-0.15, -0.1) is 0 Å². The van der Waals surface area contributed by atoms with Crippen molar-refractivity contribution in [3.63, 3.8) is 0 Å². The van der Waals surface area contributed by atoms with Crippen LogP contribution in [0, 0.1) is 13.8 Å². The molecule has 0 aromatic heterocycles. The summed E-state index contributed by atoms with van der Waals surface area (Å²) in [6, 6.07) is 2.94. The molecule has 1 heterocycles. The molecule has 1 atom stereocenters. The van der Waals surface area contributed by atoms with E-state index in [0.717, 1.165) is 12.1 Å². The average molecular weight is 339 g/mol. The number of amides is 1. The molecule has 1 aromatic carbocycles. The summed E-state index contributed by atoms with van der Waals surface area (Å²) < 4.78 is 23.3. The lowest BCUT2D eigenvalue weighted by Gasteiger charge is -2.13. The highest BCUT2D eigenvalue weighted by Gasteiger charge is 2.22. The first-order valence-electron chi connectivity index (χ1n) is 7.36. The topological polar surface area (TPSA) is 111 Å². The second kappa shape index (κ2) is 6.67. The maximum absolute atomic E-state index is 12.3. The highest BCUT2D eigenvalue weighted by molar-refractivity contribution is 7.89. The third kappa shape index (κ3) is 4.08. The fraction of sp³-hybridized carbons (Fsp3) is 0.467. The minimum atomic E-state index is -3.88. The van der Waals surface area contributed by atoms with Crippen molar-refractivity contribution in [2.45, 2.75) is 44.6 Å². The Morgan fingerprint density at radius 1 is 1.43 bits per heavy atom. The Kier molecular flexibility index (Phi) is 5.06. The van der Waals surface area contributed by atoms with Crippen molar-refractivity contribution < 1.29 is 18.0 Å². The third-order valence-electron chi connectivity index (χ3n) is 3.88. The molecule has 0 saturated heterocycles. The predicted molar refractivity (Wildman–Crippen MR) is 86.8 cm³/mol. The second-order valence-corrected chi connectivity index (χ2v) is 7.14. The largest absolute Gasteiger partial charge is 0.390 e. The molecule has 1 aliphatic heterocycles. The van der Waals surface area contributed by atoms with Crippen LogP contribution in [-0.4, -0.2) is 32.7 Å². The van der Waals surface area contributed by atoms with Crippen LogP contribution in [0.4, 0.5) is 0 Å². The van der Waals surface area contributed by atoms with Crippen molar-refractivity contribution in [1.29, 1.82) is 0 Å². The number of aryl methyl sites for hydroxylation is 1. The van der Waals surface area contributed by atoms with Gasteiger partial charge in [0.05, 0.1) is 17.2 Å². The van der Waals surface area contributed by atoms with E-state index in [-0.39, 0.29) is 22.5 Å². The van der Waals surface area contributed by atoms with E-state index >= 15 is 0 Å². The fourth-order valence-corrected chi connectivity index (χ4v) is 3.25. The molecule has 7 nitrogen and oxygen atoms in total. The number of hydrogen-bond donors (Lipinski definition) is 2. The van der Waals surface area contributed by atoms with Crippen molar-refractivity contribution in [3.8, 4) is 0 Å². The van der Waals surface area contributed by atoms with Crippen molar-refractivity contribution in [2.75, 3.05) is 6.54 Å². The Morgan fingerprint density at radius 2 is 2.13 bits per heavy atom. The summed E-state index contributed by atoms with van der Waals surface area (Å²) in [5.74, 6) is -0.369. The summed E-state index contributed by atoms with van der Waals surface area (Å²) in [4.78, 5) is 17.4. The van der Waals surface area contributed by atoms with Gasteiger partial charge < -0.3 is 10.2 Å². The van der Waals surface area contributed by atoms with Crippen LogP contribution >= 0.6 is 0 Å². The summed E-state index contributed by atoms with van der Waals surface area (Å²) in [6.07, 6.45) is 1.32. The molecule has 1 amide bonds. The van der Waals surface area contributed by atoms with Crippen molar-refractivity contribution in [1.82, 2.24) is 5.32 Å². The first kappa shape index (κ1) is 17.4. The smallest absolute Gasteiger partial charge is 0.251 e. The molecule has 0 spiro atoms. The molecule has 8 heteroatoms. The maximum atomic E-state index is 12.3. The molecule has 0 unspecified atom stereocenters. The zero-order valence-corrected chi connectivity index (χ0v) is 14.2. The Morgan fingerprint density at radius 3 is 2.70 bits per heavy atom. The summed E-state index contributed by atoms with van der Waals surface area (Å²) in [5, 5.41) is 11.9. The van der Waals surface area contributed by atoms with Gasteiger partial charge in [0.25, 0.3) is 5.91 Å². The van der Waals surface area contributed by atoms with Gasteiger partial charge in [-0.05, 0) is 43.5 Å². The van der Waals surface area contributed by atoms with E-state index in [1.54, 1.807) is 19.9 Å². The van der Waals surface area contributed by atoms with Gasteiger partial charge in [0.15, 0.2) is 0 Å².